The number of hydrogen-bond acceptors (Lipinski definition) is 6. The Hall–Kier alpha value is -2.78. The highest BCUT2D eigenvalue weighted by molar-refractivity contribution is 7.90. The summed E-state index contributed by atoms with van der Waals surface area (Å²) in [5.74, 6) is -1.05. The number of carbonyl (C=O) groups excluding carboxylic acids is 1. The lowest BCUT2D eigenvalue weighted by Crippen LogP contribution is -2.36. The number of anilines is 1. The van der Waals surface area contributed by atoms with Crippen LogP contribution in [0.25, 0.3) is 11.0 Å². The molecule has 1 atom stereocenters. The van der Waals surface area contributed by atoms with Crippen molar-refractivity contribution < 1.29 is 22.9 Å². The van der Waals surface area contributed by atoms with Crippen molar-refractivity contribution in [3.63, 3.8) is 0 Å². The smallest absolute Gasteiger partial charge is 0.328 e. The van der Waals surface area contributed by atoms with Crippen LogP contribution in [0.15, 0.2) is 46.0 Å². The highest BCUT2D eigenvalue weighted by Crippen LogP contribution is 2.30. The number of rotatable bonds is 5. The molecule has 0 bridgehead atoms. The minimum atomic E-state index is -1.95. The molecule has 27 heavy (non-hydrogen) atoms. The predicted octanol–water partition coefficient (Wildman–Crippen LogP) is 2.64. The van der Waals surface area contributed by atoms with Gasteiger partial charge in [-0.3, -0.25) is 4.79 Å². The lowest BCUT2D eigenvalue weighted by atomic mass is 10.1. The molecule has 0 spiro atoms. The van der Waals surface area contributed by atoms with Crippen molar-refractivity contribution in [1.82, 2.24) is 9.71 Å². The van der Waals surface area contributed by atoms with Gasteiger partial charge < -0.3 is 18.6 Å². The molecule has 3 heterocycles. The van der Waals surface area contributed by atoms with Gasteiger partial charge in [0.15, 0.2) is 11.5 Å². The number of pyridine rings is 1. The summed E-state index contributed by atoms with van der Waals surface area (Å²) in [6.45, 7) is 1.73. The highest BCUT2D eigenvalue weighted by atomic mass is 32.2. The molecule has 1 amide bonds. The molecule has 1 fully saturated rings. The van der Waals surface area contributed by atoms with Gasteiger partial charge >= 0.3 is 10.9 Å². The van der Waals surface area contributed by atoms with Crippen LogP contribution in [0.5, 0.6) is 5.75 Å². The minimum absolute atomic E-state index is 0.0794. The lowest BCUT2D eigenvalue weighted by molar-refractivity contribution is 0.0956. The van der Waals surface area contributed by atoms with Crippen LogP contribution >= 0.6 is 0 Å². The molecule has 2 aromatic heterocycles. The fourth-order valence-corrected chi connectivity index (χ4v) is 3.66. The normalized spacial score (nSPS) is 14.7. The van der Waals surface area contributed by atoms with Gasteiger partial charge in [0.05, 0.1) is 12.5 Å². The summed E-state index contributed by atoms with van der Waals surface area (Å²) in [5.41, 5.74) is 0.984. The molecule has 1 aliphatic rings. The lowest BCUT2D eigenvalue weighted by Gasteiger charge is -2.33. The Morgan fingerprint density at radius 3 is 2.93 bits per heavy atom. The topological polar surface area (TPSA) is 90.7 Å². The Morgan fingerprint density at radius 1 is 1.41 bits per heavy atom. The molecule has 1 unspecified atom stereocenters. The van der Waals surface area contributed by atoms with Crippen molar-refractivity contribution in [3.8, 4) is 5.75 Å². The Kier molecular flexibility index (Phi) is 4.63. The van der Waals surface area contributed by atoms with Crippen molar-refractivity contribution in [2.24, 2.45) is 0 Å². The molecule has 1 saturated heterocycles. The zero-order valence-electron chi connectivity index (χ0n) is 14.4. The molecule has 0 saturated carbocycles. The van der Waals surface area contributed by atoms with Crippen LogP contribution in [-0.2, 0) is 11.4 Å². The van der Waals surface area contributed by atoms with Crippen molar-refractivity contribution in [2.45, 2.75) is 11.4 Å². The van der Waals surface area contributed by atoms with Crippen molar-refractivity contribution in [2.75, 3.05) is 25.1 Å². The van der Waals surface area contributed by atoms with Crippen molar-refractivity contribution in [1.29, 1.82) is 0 Å². The van der Waals surface area contributed by atoms with Crippen molar-refractivity contribution >= 4 is 33.9 Å². The summed E-state index contributed by atoms with van der Waals surface area (Å²) in [6, 6.07) is 7.63. The third kappa shape index (κ3) is 3.31. The SMILES string of the molecule is COc1cccnc1[S+]([O-])NC(=O)c1cc2c(F)cc(N3CCC3)cc2o1. The van der Waals surface area contributed by atoms with Gasteiger partial charge in [0.25, 0.3) is 0 Å². The molecular weight excluding hydrogens is 373 g/mol. The third-order valence-corrected chi connectivity index (χ3v) is 5.36. The molecule has 0 radical (unpaired) electrons. The van der Waals surface area contributed by atoms with Gasteiger partial charge in [-0.1, -0.05) is 0 Å². The number of halogens is 1. The first-order valence-corrected chi connectivity index (χ1v) is 9.41. The van der Waals surface area contributed by atoms with Crippen LogP contribution in [0, 0.1) is 5.82 Å². The average molecular weight is 389 g/mol. The molecule has 0 aliphatic carbocycles. The van der Waals surface area contributed by atoms with E-state index in [4.69, 9.17) is 9.15 Å². The van der Waals surface area contributed by atoms with E-state index in [0.29, 0.717) is 5.69 Å². The summed E-state index contributed by atoms with van der Waals surface area (Å²) in [6.07, 6.45) is 2.50. The fraction of sp³-hybridized carbons (Fsp3) is 0.222. The summed E-state index contributed by atoms with van der Waals surface area (Å²) in [4.78, 5) is 18.4. The minimum Gasteiger partial charge on any atom is -0.586 e. The molecule has 1 N–H and O–H groups in total. The molecule has 1 aliphatic heterocycles. The zero-order valence-corrected chi connectivity index (χ0v) is 15.2. The second-order valence-electron chi connectivity index (χ2n) is 6.00. The van der Waals surface area contributed by atoms with Gasteiger partial charge in [-0.15, -0.1) is 0 Å². The van der Waals surface area contributed by atoms with E-state index in [0.717, 1.165) is 19.5 Å². The van der Waals surface area contributed by atoms with E-state index in [-0.39, 0.29) is 27.5 Å². The van der Waals surface area contributed by atoms with Crippen LogP contribution in [0.3, 0.4) is 0 Å². The average Bonchev–Trinajstić information content (AvgIpc) is 3.05. The fourth-order valence-electron chi connectivity index (χ4n) is 2.80. The second-order valence-corrected chi connectivity index (χ2v) is 7.13. The number of benzene rings is 1. The van der Waals surface area contributed by atoms with Gasteiger partial charge in [0, 0.05) is 37.1 Å². The molecule has 140 valence electrons. The standard InChI is InChI=1S/C18H16FN3O4S/c1-25-14-4-2-5-20-18(14)27(24)21-17(23)16-10-12-13(19)8-11(9-15(12)26-16)22-6-3-7-22/h2,4-5,8-10H,3,6-7H2,1H3,(H,21,23). The largest absolute Gasteiger partial charge is 0.586 e. The number of furan rings is 1. The van der Waals surface area contributed by atoms with Crippen LogP contribution in [0.1, 0.15) is 17.0 Å². The molecule has 3 aromatic rings. The predicted molar refractivity (Wildman–Crippen MR) is 97.7 cm³/mol. The van der Waals surface area contributed by atoms with Gasteiger partial charge in [0.1, 0.15) is 22.8 Å². The summed E-state index contributed by atoms with van der Waals surface area (Å²) in [7, 11) is 1.41. The number of carbonyl (C=O) groups is 1. The summed E-state index contributed by atoms with van der Waals surface area (Å²) in [5, 5.41) is 0.279. The molecular formula is C18H16FN3O4S. The van der Waals surface area contributed by atoms with Crippen LogP contribution in [0.4, 0.5) is 10.1 Å². The number of amides is 1. The number of methoxy groups -OCH3 is 1. The maximum absolute atomic E-state index is 14.4. The first-order valence-electron chi connectivity index (χ1n) is 8.26. The number of nitrogens with one attached hydrogen (secondary N) is 1. The second kappa shape index (κ2) is 7.09. The Bertz CT molecular complexity index is 1010. The van der Waals surface area contributed by atoms with E-state index in [2.05, 4.69) is 9.71 Å². The molecule has 4 rings (SSSR count). The first-order chi connectivity index (χ1) is 13.1. The van der Waals surface area contributed by atoms with Crippen molar-refractivity contribution in [3.05, 3.63) is 48.1 Å². The number of hydrogen-bond donors (Lipinski definition) is 1. The monoisotopic (exact) mass is 389 g/mol. The molecule has 7 nitrogen and oxygen atoms in total. The Balaban J connectivity index is 1.58. The third-order valence-electron chi connectivity index (χ3n) is 4.33. The van der Waals surface area contributed by atoms with Gasteiger partial charge in [-0.2, -0.15) is 4.72 Å². The maximum atomic E-state index is 14.4. The van der Waals surface area contributed by atoms with Crippen LogP contribution < -0.4 is 14.4 Å². The molecule has 9 heteroatoms. The van der Waals surface area contributed by atoms with E-state index in [9.17, 15) is 13.7 Å². The van der Waals surface area contributed by atoms with Gasteiger partial charge in [-0.05, 0) is 24.6 Å². The van der Waals surface area contributed by atoms with Crippen LogP contribution in [-0.4, -0.2) is 35.6 Å². The summed E-state index contributed by atoms with van der Waals surface area (Å²) < 4.78 is 39.6. The Morgan fingerprint density at radius 2 is 2.22 bits per heavy atom. The molecule has 1 aromatic carbocycles. The summed E-state index contributed by atoms with van der Waals surface area (Å²) >= 11 is -1.95. The number of fused-ring (bicyclic) bond motifs is 1. The number of aromatic nitrogens is 1. The van der Waals surface area contributed by atoms with E-state index in [1.54, 1.807) is 18.2 Å². The van der Waals surface area contributed by atoms with Gasteiger partial charge in [0.2, 0.25) is 0 Å². The van der Waals surface area contributed by atoms with E-state index < -0.39 is 23.1 Å². The Labute approximate surface area is 157 Å². The number of nitrogens with zero attached hydrogens (tertiary/aromatic N) is 2. The van der Waals surface area contributed by atoms with E-state index in [1.807, 2.05) is 4.90 Å². The van der Waals surface area contributed by atoms with E-state index in [1.165, 1.54) is 25.4 Å². The first kappa shape index (κ1) is 17.6. The highest BCUT2D eigenvalue weighted by Gasteiger charge is 2.26. The van der Waals surface area contributed by atoms with Crippen LogP contribution in [0.2, 0.25) is 0 Å². The zero-order chi connectivity index (χ0) is 19.0. The van der Waals surface area contributed by atoms with E-state index >= 15 is 0 Å². The number of ether oxygens (including phenoxy) is 1. The van der Waals surface area contributed by atoms with Gasteiger partial charge in [-0.25, -0.2) is 9.37 Å². The quantitative estimate of drug-likeness (QED) is 0.675. The maximum Gasteiger partial charge on any atom is 0.328 e.